The van der Waals surface area contributed by atoms with Crippen LogP contribution in [0.2, 0.25) is 0 Å². The van der Waals surface area contributed by atoms with Crippen LogP contribution in [-0.2, 0) is 7.05 Å². The molecular formula is C10H14N4O2. The molecule has 1 aromatic rings. The van der Waals surface area contributed by atoms with Crippen molar-refractivity contribution < 1.29 is 4.92 Å². The maximum atomic E-state index is 10.7. The summed E-state index contributed by atoms with van der Waals surface area (Å²) in [5, 5.41) is 17.6. The Labute approximate surface area is 93.8 Å². The molecule has 0 saturated carbocycles. The number of nitrogens with zero attached hydrogens (tertiary/aromatic N) is 3. The zero-order valence-corrected chi connectivity index (χ0v) is 9.30. The van der Waals surface area contributed by atoms with E-state index in [1.54, 1.807) is 7.05 Å². The van der Waals surface area contributed by atoms with E-state index >= 15 is 0 Å². The lowest BCUT2D eigenvalue weighted by Crippen LogP contribution is -2.17. The van der Waals surface area contributed by atoms with Crippen molar-refractivity contribution in [1.29, 1.82) is 0 Å². The molecule has 0 saturated heterocycles. The molecule has 16 heavy (non-hydrogen) atoms. The van der Waals surface area contributed by atoms with Crippen molar-refractivity contribution >= 4 is 11.5 Å². The number of hydrogen-bond acceptors (Lipinski definition) is 4. The van der Waals surface area contributed by atoms with Crippen molar-refractivity contribution in [3.8, 4) is 12.3 Å². The lowest BCUT2D eigenvalue weighted by atomic mass is 10.2. The highest BCUT2D eigenvalue weighted by Gasteiger charge is 2.20. The zero-order chi connectivity index (χ0) is 12.1. The van der Waals surface area contributed by atoms with Crippen molar-refractivity contribution in [2.24, 2.45) is 7.05 Å². The molecule has 86 valence electrons. The minimum absolute atomic E-state index is 0.0566. The van der Waals surface area contributed by atoms with E-state index in [-0.39, 0.29) is 17.5 Å². The Balaban J connectivity index is 2.87. The first-order valence-electron chi connectivity index (χ1n) is 4.99. The van der Waals surface area contributed by atoms with Gasteiger partial charge in [-0.2, -0.15) is 0 Å². The summed E-state index contributed by atoms with van der Waals surface area (Å²) in [4.78, 5) is 10.2. The second-order valence-electron chi connectivity index (χ2n) is 3.45. The predicted octanol–water partition coefficient (Wildman–Crippen LogP) is 1.54. The van der Waals surface area contributed by atoms with Crippen molar-refractivity contribution in [1.82, 2.24) is 9.78 Å². The van der Waals surface area contributed by atoms with Gasteiger partial charge in [0.2, 0.25) is 5.82 Å². The summed E-state index contributed by atoms with van der Waals surface area (Å²) in [6.45, 7) is 2.00. The molecule has 1 unspecified atom stereocenters. The molecule has 6 nitrogen and oxygen atoms in total. The van der Waals surface area contributed by atoms with E-state index in [9.17, 15) is 10.1 Å². The van der Waals surface area contributed by atoms with E-state index in [4.69, 9.17) is 6.42 Å². The Hall–Kier alpha value is -2.03. The molecular weight excluding hydrogens is 208 g/mol. The highest BCUT2D eigenvalue weighted by atomic mass is 16.6. The number of aryl methyl sites for hydroxylation is 1. The Kier molecular flexibility index (Phi) is 3.89. The third-order valence-corrected chi connectivity index (χ3v) is 2.10. The van der Waals surface area contributed by atoms with E-state index in [0.717, 1.165) is 12.8 Å². The van der Waals surface area contributed by atoms with Crippen LogP contribution in [0.25, 0.3) is 0 Å². The average molecular weight is 222 g/mol. The van der Waals surface area contributed by atoms with Gasteiger partial charge in [0, 0.05) is 7.05 Å². The summed E-state index contributed by atoms with van der Waals surface area (Å²) >= 11 is 0. The number of hydrogen-bond donors (Lipinski definition) is 1. The monoisotopic (exact) mass is 222 g/mol. The summed E-state index contributed by atoms with van der Waals surface area (Å²) in [6, 6.07) is -0.224. The van der Waals surface area contributed by atoms with Crippen LogP contribution in [-0.4, -0.2) is 20.7 Å². The molecule has 0 amide bonds. The second-order valence-corrected chi connectivity index (χ2v) is 3.45. The molecule has 0 spiro atoms. The molecule has 0 bridgehead atoms. The zero-order valence-electron chi connectivity index (χ0n) is 9.30. The van der Waals surface area contributed by atoms with E-state index < -0.39 is 4.92 Å². The summed E-state index contributed by atoms with van der Waals surface area (Å²) in [5.41, 5.74) is -0.0566. The van der Waals surface area contributed by atoms with Gasteiger partial charge in [0.05, 0.1) is 11.0 Å². The van der Waals surface area contributed by atoms with Crippen LogP contribution >= 0.6 is 0 Å². The van der Waals surface area contributed by atoms with E-state index in [1.165, 1.54) is 10.9 Å². The Bertz CT molecular complexity index is 419. The van der Waals surface area contributed by atoms with E-state index in [2.05, 4.69) is 16.3 Å². The number of rotatable bonds is 5. The van der Waals surface area contributed by atoms with Crippen LogP contribution in [0.15, 0.2) is 6.20 Å². The highest BCUT2D eigenvalue weighted by molar-refractivity contribution is 5.55. The normalized spacial score (nSPS) is 11.8. The van der Waals surface area contributed by atoms with Gasteiger partial charge in [-0.25, -0.2) is 0 Å². The third kappa shape index (κ3) is 2.73. The lowest BCUT2D eigenvalue weighted by molar-refractivity contribution is -0.384. The number of terminal acetylenes is 1. The fraction of sp³-hybridized carbons (Fsp3) is 0.500. The number of nitrogens with one attached hydrogen (secondary N) is 1. The predicted molar refractivity (Wildman–Crippen MR) is 61.0 cm³/mol. The van der Waals surface area contributed by atoms with Crippen LogP contribution in [0, 0.1) is 22.5 Å². The van der Waals surface area contributed by atoms with Crippen molar-refractivity contribution in [3.63, 3.8) is 0 Å². The van der Waals surface area contributed by atoms with Crippen LogP contribution < -0.4 is 5.32 Å². The average Bonchev–Trinajstić information content (AvgIpc) is 2.59. The molecule has 1 atom stereocenters. The Morgan fingerprint density at radius 3 is 3.00 bits per heavy atom. The minimum atomic E-state index is -0.477. The number of aromatic nitrogens is 2. The van der Waals surface area contributed by atoms with Crippen molar-refractivity contribution in [2.45, 2.75) is 25.8 Å². The third-order valence-electron chi connectivity index (χ3n) is 2.10. The van der Waals surface area contributed by atoms with Crippen LogP contribution in [0.5, 0.6) is 0 Å². The lowest BCUT2D eigenvalue weighted by Gasteiger charge is -2.09. The standard InChI is InChI=1S/C10H14N4O2/c1-4-6-8(5-2)11-10-9(14(15)16)7-13(3)12-10/h2,7-8H,4,6H2,1,3H3,(H,11,12). The molecule has 0 fully saturated rings. The summed E-state index contributed by atoms with van der Waals surface area (Å²) in [6.07, 6.45) is 8.33. The summed E-state index contributed by atoms with van der Waals surface area (Å²) < 4.78 is 1.39. The Morgan fingerprint density at radius 2 is 2.50 bits per heavy atom. The van der Waals surface area contributed by atoms with Gasteiger partial charge in [0.25, 0.3) is 0 Å². The quantitative estimate of drug-likeness (QED) is 0.466. The fourth-order valence-corrected chi connectivity index (χ4v) is 1.36. The van der Waals surface area contributed by atoms with Gasteiger partial charge in [0.1, 0.15) is 6.20 Å². The summed E-state index contributed by atoms with van der Waals surface area (Å²) in [5.74, 6) is 2.77. The maximum absolute atomic E-state index is 10.7. The first kappa shape index (κ1) is 12.0. The first-order chi connectivity index (χ1) is 7.58. The maximum Gasteiger partial charge on any atom is 0.330 e. The van der Waals surface area contributed by atoms with E-state index in [0.29, 0.717) is 0 Å². The largest absolute Gasteiger partial charge is 0.349 e. The second kappa shape index (κ2) is 5.16. The molecule has 6 heteroatoms. The first-order valence-corrected chi connectivity index (χ1v) is 4.99. The topological polar surface area (TPSA) is 73.0 Å². The molecule has 0 aliphatic rings. The van der Waals surface area contributed by atoms with E-state index in [1.807, 2.05) is 6.92 Å². The smallest absolute Gasteiger partial charge is 0.330 e. The molecule has 0 aromatic carbocycles. The molecule has 1 N–H and O–H groups in total. The van der Waals surface area contributed by atoms with Gasteiger partial charge in [-0.3, -0.25) is 14.8 Å². The molecule has 1 rings (SSSR count). The van der Waals surface area contributed by atoms with Gasteiger partial charge in [-0.05, 0) is 6.42 Å². The number of anilines is 1. The number of nitro groups is 1. The molecule has 1 aromatic heterocycles. The Morgan fingerprint density at radius 1 is 1.81 bits per heavy atom. The van der Waals surface area contributed by atoms with Crippen LogP contribution in [0.4, 0.5) is 11.5 Å². The molecule has 1 heterocycles. The van der Waals surface area contributed by atoms with Gasteiger partial charge in [-0.1, -0.05) is 19.3 Å². The van der Waals surface area contributed by atoms with Gasteiger partial charge < -0.3 is 5.32 Å². The van der Waals surface area contributed by atoms with Crippen molar-refractivity contribution in [3.05, 3.63) is 16.3 Å². The molecule has 0 radical (unpaired) electrons. The molecule has 0 aliphatic heterocycles. The summed E-state index contributed by atoms with van der Waals surface area (Å²) in [7, 11) is 1.63. The van der Waals surface area contributed by atoms with Crippen LogP contribution in [0.3, 0.4) is 0 Å². The van der Waals surface area contributed by atoms with Gasteiger partial charge >= 0.3 is 5.69 Å². The fourth-order valence-electron chi connectivity index (χ4n) is 1.36. The van der Waals surface area contributed by atoms with Crippen molar-refractivity contribution in [2.75, 3.05) is 5.32 Å². The van der Waals surface area contributed by atoms with Gasteiger partial charge in [-0.15, -0.1) is 11.5 Å². The SMILES string of the molecule is C#CC(CCC)Nc1nn(C)cc1[N+](=O)[O-]. The molecule has 0 aliphatic carbocycles. The minimum Gasteiger partial charge on any atom is -0.349 e. The highest BCUT2D eigenvalue weighted by Crippen LogP contribution is 2.22. The van der Waals surface area contributed by atoms with Gasteiger partial charge in [0.15, 0.2) is 0 Å². The van der Waals surface area contributed by atoms with Crippen LogP contribution in [0.1, 0.15) is 19.8 Å².